The minimum Gasteiger partial charge on any atom is -0.396 e. The Morgan fingerprint density at radius 1 is 1.42 bits per heavy atom. The summed E-state index contributed by atoms with van der Waals surface area (Å²) in [7, 11) is 0. The molecule has 0 saturated carbocycles. The maximum absolute atomic E-state index is 13.3. The lowest BCUT2D eigenvalue weighted by Crippen LogP contribution is -2.41. The van der Waals surface area contributed by atoms with Crippen LogP contribution in [0.5, 0.6) is 0 Å². The number of carbonyl (C=O) groups excluding carboxylic acids is 2. The summed E-state index contributed by atoms with van der Waals surface area (Å²) >= 11 is 5.66. The predicted molar refractivity (Wildman–Crippen MR) is 69.3 cm³/mol. The lowest BCUT2D eigenvalue weighted by Gasteiger charge is -2.12. The fourth-order valence-electron chi connectivity index (χ4n) is 1.33. The first-order valence-electron chi connectivity index (χ1n) is 5.61. The van der Waals surface area contributed by atoms with Gasteiger partial charge in [0.15, 0.2) is 0 Å². The van der Waals surface area contributed by atoms with Gasteiger partial charge in [-0.3, -0.25) is 9.59 Å². The lowest BCUT2D eigenvalue weighted by molar-refractivity contribution is -0.136. The van der Waals surface area contributed by atoms with Crippen LogP contribution in [0, 0.1) is 5.82 Å². The highest BCUT2D eigenvalue weighted by Crippen LogP contribution is 2.19. The van der Waals surface area contributed by atoms with Crippen LogP contribution in [-0.2, 0) is 9.59 Å². The zero-order valence-corrected chi connectivity index (χ0v) is 11.0. The molecule has 1 atom stereocenters. The number of amides is 2. The summed E-state index contributed by atoms with van der Waals surface area (Å²) in [6.45, 7) is 1.54. The first kappa shape index (κ1) is 15.4. The summed E-state index contributed by atoms with van der Waals surface area (Å²) in [5.74, 6) is -2.58. The lowest BCUT2D eigenvalue weighted by atomic mass is 10.2. The van der Waals surface area contributed by atoms with E-state index in [0.717, 1.165) is 6.07 Å². The minimum atomic E-state index is -0.994. The van der Waals surface area contributed by atoms with Crippen molar-refractivity contribution in [1.82, 2.24) is 5.32 Å². The van der Waals surface area contributed by atoms with Gasteiger partial charge in [0.25, 0.3) is 0 Å². The molecule has 0 bridgehead atoms. The van der Waals surface area contributed by atoms with E-state index in [1.54, 1.807) is 6.92 Å². The zero-order chi connectivity index (χ0) is 14.4. The highest BCUT2D eigenvalue weighted by molar-refractivity contribution is 6.40. The second-order valence-electron chi connectivity index (χ2n) is 3.97. The molecule has 1 aromatic rings. The third-order valence-corrected chi connectivity index (χ3v) is 2.56. The van der Waals surface area contributed by atoms with Gasteiger partial charge < -0.3 is 15.7 Å². The van der Waals surface area contributed by atoms with Crippen LogP contribution in [0.2, 0.25) is 5.02 Å². The van der Waals surface area contributed by atoms with E-state index in [9.17, 15) is 14.0 Å². The molecule has 0 radical (unpaired) electrons. The van der Waals surface area contributed by atoms with Crippen molar-refractivity contribution in [3.63, 3.8) is 0 Å². The Morgan fingerprint density at radius 3 is 2.74 bits per heavy atom. The number of hydrogen-bond acceptors (Lipinski definition) is 3. The molecule has 0 unspecified atom stereocenters. The summed E-state index contributed by atoms with van der Waals surface area (Å²) < 4.78 is 13.3. The van der Waals surface area contributed by atoms with Gasteiger partial charge in [-0.15, -0.1) is 0 Å². The first-order valence-corrected chi connectivity index (χ1v) is 5.99. The molecular weight excluding hydrogens is 275 g/mol. The van der Waals surface area contributed by atoms with E-state index in [1.807, 2.05) is 0 Å². The summed E-state index contributed by atoms with van der Waals surface area (Å²) in [5.41, 5.74) is -0.164. The Morgan fingerprint density at radius 2 is 2.11 bits per heavy atom. The zero-order valence-electron chi connectivity index (χ0n) is 10.2. The number of hydrogen-bond donors (Lipinski definition) is 3. The molecular formula is C12H14ClFN2O3. The smallest absolute Gasteiger partial charge is 0.313 e. The molecule has 0 aliphatic heterocycles. The topological polar surface area (TPSA) is 78.4 Å². The second kappa shape index (κ2) is 7.06. The molecule has 3 N–H and O–H groups in total. The second-order valence-corrected chi connectivity index (χ2v) is 4.40. The van der Waals surface area contributed by atoms with E-state index in [1.165, 1.54) is 12.1 Å². The Kier molecular flexibility index (Phi) is 5.72. The van der Waals surface area contributed by atoms with Gasteiger partial charge in [-0.1, -0.05) is 11.6 Å². The molecule has 1 rings (SSSR count). The number of aliphatic hydroxyl groups is 1. The highest BCUT2D eigenvalue weighted by atomic mass is 35.5. The van der Waals surface area contributed by atoms with E-state index in [-0.39, 0.29) is 23.4 Å². The quantitative estimate of drug-likeness (QED) is 0.731. The molecule has 0 fully saturated rings. The van der Waals surface area contributed by atoms with Crippen LogP contribution in [0.15, 0.2) is 18.2 Å². The van der Waals surface area contributed by atoms with Gasteiger partial charge in [-0.05, 0) is 31.5 Å². The Labute approximate surface area is 114 Å². The number of rotatable bonds is 4. The van der Waals surface area contributed by atoms with Crippen LogP contribution >= 0.6 is 11.6 Å². The van der Waals surface area contributed by atoms with Crippen molar-refractivity contribution in [2.75, 3.05) is 11.9 Å². The Balaban J connectivity index is 2.64. The number of carbonyl (C=O) groups is 2. The SMILES string of the molecule is C[C@H](CCO)NC(=O)C(=O)Nc1cc(Cl)ccc1F. The predicted octanol–water partition coefficient (Wildman–Crippen LogP) is 1.30. The number of aliphatic hydroxyl groups excluding tert-OH is 1. The molecule has 0 spiro atoms. The van der Waals surface area contributed by atoms with Gasteiger partial charge in [0.2, 0.25) is 0 Å². The molecule has 0 aromatic heterocycles. The molecule has 0 aliphatic carbocycles. The van der Waals surface area contributed by atoms with Crippen LogP contribution in [0.4, 0.5) is 10.1 Å². The monoisotopic (exact) mass is 288 g/mol. The molecule has 5 nitrogen and oxygen atoms in total. The van der Waals surface area contributed by atoms with E-state index < -0.39 is 17.6 Å². The van der Waals surface area contributed by atoms with Crippen molar-refractivity contribution in [3.05, 3.63) is 29.0 Å². The molecule has 19 heavy (non-hydrogen) atoms. The van der Waals surface area contributed by atoms with Crippen LogP contribution < -0.4 is 10.6 Å². The normalized spacial score (nSPS) is 11.8. The average molecular weight is 289 g/mol. The van der Waals surface area contributed by atoms with Gasteiger partial charge in [-0.25, -0.2) is 4.39 Å². The summed E-state index contributed by atoms with van der Waals surface area (Å²) in [5, 5.41) is 13.4. The minimum absolute atomic E-state index is 0.105. The summed E-state index contributed by atoms with van der Waals surface area (Å²) in [6.07, 6.45) is 0.324. The fraction of sp³-hybridized carbons (Fsp3) is 0.333. The van der Waals surface area contributed by atoms with Crippen molar-refractivity contribution in [2.45, 2.75) is 19.4 Å². The van der Waals surface area contributed by atoms with Crippen LogP contribution in [-0.4, -0.2) is 29.6 Å². The molecule has 0 heterocycles. The van der Waals surface area contributed by atoms with Crippen molar-refractivity contribution in [3.8, 4) is 0 Å². The van der Waals surface area contributed by atoms with Crippen LogP contribution in [0.3, 0.4) is 0 Å². The van der Waals surface area contributed by atoms with E-state index in [0.29, 0.717) is 6.42 Å². The van der Waals surface area contributed by atoms with Crippen LogP contribution in [0.25, 0.3) is 0 Å². The molecule has 2 amide bonds. The average Bonchev–Trinajstić information content (AvgIpc) is 2.34. The van der Waals surface area contributed by atoms with E-state index >= 15 is 0 Å². The molecule has 0 aliphatic rings. The molecule has 7 heteroatoms. The first-order chi connectivity index (χ1) is 8.93. The van der Waals surface area contributed by atoms with Gasteiger partial charge in [0.1, 0.15) is 5.82 Å². The maximum Gasteiger partial charge on any atom is 0.313 e. The van der Waals surface area contributed by atoms with E-state index in [2.05, 4.69) is 10.6 Å². The highest BCUT2D eigenvalue weighted by Gasteiger charge is 2.17. The number of anilines is 1. The Bertz CT molecular complexity index is 482. The largest absolute Gasteiger partial charge is 0.396 e. The van der Waals surface area contributed by atoms with Gasteiger partial charge >= 0.3 is 11.8 Å². The maximum atomic E-state index is 13.3. The number of benzene rings is 1. The van der Waals surface area contributed by atoms with E-state index in [4.69, 9.17) is 16.7 Å². The fourth-order valence-corrected chi connectivity index (χ4v) is 1.50. The van der Waals surface area contributed by atoms with Crippen molar-refractivity contribution < 1.29 is 19.1 Å². The molecule has 1 aromatic carbocycles. The number of nitrogens with one attached hydrogen (secondary N) is 2. The van der Waals surface area contributed by atoms with Crippen molar-refractivity contribution >= 4 is 29.1 Å². The Hall–Kier alpha value is -1.66. The van der Waals surface area contributed by atoms with Gasteiger partial charge in [0, 0.05) is 17.7 Å². The standard InChI is InChI=1S/C12H14ClFN2O3/c1-7(4-5-17)15-11(18)12(19)16-10-6-8(13)2-3-9(10)14/h2-3,6-7,17H,4-5H2,1H3,(H,15,18)(H,16,19)/t7-/m1/s1. The third-order valence-electron chi connectivity index (χ3n) is 2.32. The molecule has 104 valence electrons. The summed E-state index contributed by atoms with van der Waals surface area (Å²) in [4.78, 5) is 23.0. The number of halogens is 2. The summed E-state index contributed by atoms with van der Waals surface area (Å²) in [6, 6.07) is 3.27. The van der Waals surface area contributed by atoms with Crippen molar-refractivity contribution in [2.24, 2.45) is 0 Å². The van der Waals surface area contributed by atoms with Gasteiger partial charge in [-0.2, -0.15) is 0 Å². The van der Waals surface area contributed by atoms with Crippen LogP contribution in [0.1, 0.15) is 13.3 Å². The van der Waals surface area contributed by atoms with Crippen molar-refractivity contribution in [1.29, 1.82) is 0 Å². The third kappa shape index (κ3) is 4.84. The van der Waals surface area contributed by atoms with Gasteiger partial charge in [0.05, 0.1) is 5.69 Å². The molecule has 0 saturated heterocycles.